The average Bonchev–Trinajstić information content (AvgIpc) is 2.15. The summed E-state index contributed by atoms with van der Waals surface area (Å²) >= 11 is 0. The molecule has 0 radical (unpaired) electrons. The Balaban J connectivity index is 0.00000225. The number of halogens is 1. The van der Waals surface area contributed by atoms with Crippen molar-refractivity contribution >= 4 is 10.1 Å². The van der Waals surface area contributed by atoms with E-state index in [1.54, 1.807) is 0 Å². The molecular weight excluding hydrogens is 250 g/mol. The maximum Gasteiger partial charge on any atom is 1.00 e. The molecule has 0 heterocycles. The van der Waals surface area contributed by atoms with Crippen molar-refractivity contribution in [3.05, 3.63) is 17.9 Å². The van der Waals surface area contributed by atoms with Gasteiger partial charge in [-0.3, -0.25) is 0 Å². The van der Waals surface area contributed by atoms with E-state index in [1.165, 1.54) is 14.2 Å². The van der Waals surface area contributed by atoms with Gasteiger partial charge < -0.3 is 14.0 Å². The molecule has 16 heavy (non-hydrogen) atoms. The predicted octanol–water partition coefficient (Wildman–Crippen LogP) is -2.25. The monoisotopic (exact) mass is 258 g/mol. The Hall–Kier alpha value is -0.340. The van der Waals surface area contributed by atoms with Crippen molar-refractivity contribution in [3.63, 3.8) is 0 Å². The van der Waals surface area contributed by atoms with Gasteiger partial charge in [0.05, 0.1) is 19.1 Å². The van der Waals surface area contributed by atoms with Crippen LogP contribution in [0, 0.1) is 5.82 Å². The van der Waals surface area contributed by atoms with Crippen LogP contribution in [0.2, 0.25) is 0 Å². The summed E-state index contributed by atoms with van der Waals surface area (Å²) < 4.78 is 54.5. The summed E-state index contributed by atoms with van der Waals surface area (Å²) in [5.41, 5.74) is 0. The number of hydrogen-bond donors (Lipinski definition) is 0. The molecule has 0 amide bonds. The third-order valence-corrected chi connectivity index (χ3v) is 2.56. The van der Waals surface area contributed by atoms with Gasteiger partial charge >= 0.3 is 29.6 Å². The second kappa shape index (κ2) is 5.83. The van der Waals surface area contributed by atoms with Crippen molar-refractivity contribution in [1.82, 2.24) is 0 Å². The molecule has 1 aromatic rings. The molecule has 0 aliphatic carbocycles. The topological polar surface area (TPSA) is 75.7 Å². The summed E-state index contributed by atoms with van der Waals surface area (Å²) in [6, 6.07) is 1.57. The van der Waals surface area contributed by atoms with Gasteiger partial charge in [0.15, 0.2) is 11.5 Å². The van der Waals surface area contributed by atoms with Gasteiger partial charge in [-0.2, -0.15) is 0 Å². The molecule has 0 saturated heterocycles. The molecule has 0 saturated carbocycles. The first-order valence-electron chi connectivity index (χ1n) is 3.77. The molecule has 1 rings (SSSR count). The van der Waals surface area contributed by atoms with Gasteiger partial charge in [0.1, 0.15) is 15.9 Å². The standard InChI is InChI=1S/C8H9FO5S.Na/c1-13-6-3-5(9)8(15(10,11)12)4-7(6)14-2;/h3-4H,1-2H3,(H,10,11,12);/q;+1/p-1. The summed E-state index contributed by atoms with van der Waals surface area (Å²) in [5, 5.41) is 0. The molecule has 0 fully saturated rings. The van der Waals surface area contributed by atoms with Crippen molar-refractivity contribution < 1.29 is 56.4 Å². The normalized spacial score (nSPS) is 10.5. The fourth-order valence-corrected chi connectivity index (χ4v) is 1.58. The van der Waals surface area contributed by atoms with Crippen molar-refractivity contribution in [1.29, 1.82) is 0 Å². The van der Waals surface area contributed by atoms with Crippen molar-refractivity contribution in [2.45, 2.75) is 4.90 Å². The van der Waals surface area contributed by atoms with Crippen molar-refractivity contribution in [2.75, 3.05) is 14.2 Å². The van der Waals surface area contributed by atoms with Gasteiger partial charge in [-0.1, -0.05) is 0 Å². The third kappa shape index (κ3) is 3.33. The van der Waals surface area contributed by atoms with Crippen LogP contribution in [0.3, 0.4) is 0 Å². The molecule has 0 bridgehead atoms. The number of benzene rings is 1. The van der Waals surface area contributed by atoms with E-state index in [-0.39, 0.29) is 41.1 Å². The second-order valence-corrected chi connectivity index (χ2v) is 3.94. The number of hydrogen-bond acceptors (Lipinski definition) is 5. The fourth-order valence-electron chi connectivity index (χ4n) is 1.03. The molecule has 84 valence electrons. The van der Waals surface area contributed by atoms with E-state index in [2.05, 4.69) is 0 Å². The van der Waals surface area contributed by atoms with Gasteiger partial charge in [0, 0.05) is 12.1 Å². The molecular formula is C8H8FNaO5S. The van der Waals surface area contributed by atoms with Crippen LogP contribution >= 0.6 is 0 Å². The molecule has 0 aliphatic heterocycles. The Kier molecular flexibility index (Phi) is 5.71. The van der Waals surface area contributed by atoms with Crippen LogP contribution in [0.4, 0.5) is 4.39 Å². The first kappa shape index (κ1) is 15.7. The predicted molar refractivity (Wildman–Crippen MR) is 47.5 cm³/mol. The Morgan fingerprint density at radius 1 is 1.19 bits per heavy atom. The van der Waals surface area contributed by atoms with Crippen LogP contribution in [0.1, 0.15) is 0 Å². The zero-order chi connectivity index (χ0) is 11.6. The summed E-state index contributed by atoms with van der Waals surface area (Å²) in [5.74, 6) is -1.17. The van der Waals surface area contributed by atoms with E-state index in [0.717, 1.165) is 12.1 Å². The first-order valence-corrected chi connectivity index (χ1v) is 5.18. The number of ether oxygens (including phenoxy) is 2. The van der Waals surface area contributed by atoms with E-state index in [9.17, 15) is 17.4 Å². The molecule has 0 unspecified atom stereocenters. The van der Waals surface area contributed by atoms with Gasteiger partial charge in [-0.15, -0.1) is 0 Å². The number of rotatable bonds is 3. The van der Waals surface area contributed by atoms with Gasteiger partial charge in [0.2, 0.25) is 0 Å². The first-order chi connectivity index (χ1) is 6.90. The zero-order valence-corrected chi connectivity index (χ0v) is 11.8. The molecule has 0 N–H and O–H groups in total. The smallest absolute Gasteiger partial charge is 0.744 e. The largest absolute Gasteiger partial charge is 1.00 e. The average molecular weight is 258 g/mol. The molecule has 8 heteroatoms. The molecule has 0 atom stereocenters. The maximum atomic E-state index is 13.1. The molecule has 0 aliphatic rings. The summed E-state index contributed by atoms with van der Waals surface area (Å²) in [7, 11) is -2.34. The molecule has 5 nitrogen and oxygen atoms in total. The minimum absolute atomic E-state index is 0. The van der Waals surface area contributed by atoms with Gasteiger partial charge in [-0.25, -0.2) is 12.8 Å². The molecule has 0 spiro atoms. The Labute approximate surface area is 115 Å². The Morgan fingerprint density at radius 2 is 1.62 bits per heavy atom. The van der Waals surface area contributed by atoms with Crippen molar-refractivity contribution in [2.24, 2.45) is 0 Å². The van der Waals surface area contributed by atoms with Crippen LogP contribution in [0.25, 0.3) is 0 Å². The summed E-state index contributed by atoms with van der Waals surface area (Å²) in [4.78, 5) is -0.958. The van der Waals surface area contributed by atoms with Crippen LogP contribution in [-0.2, 0) is 10.1 Å². The van der Waals surface area contributed by atoms with E-state index in [4.69, 9.17) is 9.47 Å². The zero-order valence-electron chi connectivity index (χ0n) is 8.98. The van der Waals surface area contributed by atoms with E-state index in [1.807, 2.05) is 0 Å². The minimum Gasteiger partial charge on any atom is -0.744 e. The molecule has 0 aromatic heterocycles. The minimum atomic E-state index is -4.85. The van der Waals surface area contributed by atoms with Crippen LogP contribution in [-0.4, -0.2) is 27.2 Å². The van der Waals surface area contributed by atoms with E-state index < -0.39 is 20.8 Å². The fraction of sp³-hybridized carbons (Fsp3) is 0.250. The Morgan fingerprint density at radius 3 is 2.00 bits per heavy atom. The summed E-state index contributed by atoms with van der Waals surface area (Å²) in [6.45, 7) is 0. The van der Waals surface area contributed by atoms with Crippen molar-refractivity contribution in [3.8, 4) is 11.5 Å². The van der Waals surface area contributed by atoms with Gasteiger partial charge in [-0.05, 0) is 0 Å². The quantitative estimate of drug-likeness (QED) is 0.452. The van der Waals surface area contributed by atoms with Gasteiger partial charge in [0.25, 0.3) is 0 Å². The van der Waals surface area contributed by atoms with E-state index >= 15 is 0 Å². The number of methoxy groups -OCH3 is 2. The van der Waals surface area contributed by atoms with Crippen LogP contribution in [0.5, 0.6) is 11.5 Å². The van der Waals surface area contributed by atoms with Crippen LogP contribution < -0.4 is 39.0 Å². The van der Waals surface area contributed by atoms with Crippen LogP contribution in [0.15, 0.2) is 17.0 Å². The second-order valence-electron chi connectivity index (χ2n) is 2.59. The Bertz CT molecular complexity index is 474. The maximum absolute atomic E-state index is 13.1. The summed E-state index contributed by atoms with van der Waals surface area (Å²) in [6.07, 6.45) is 0. The third-order valence-electron chi connectivity index (χ3n) is 1.71. The van der Waals surface area contributed by atoms with E-state index in [0.29, 0.717) is 0 Å². The molecule has 1 aromatic carbocycles. The SMILES string of the molecule is COc1cc(F)c(S(=O)(=O)[O-])cc1OC.[Na+].